The maximum absolute atomic E-state index is 13.4. The van der Waals surface area contributed by atoms with Crippen molar-refractivity contribution < 1.29 is 13.9 Å². The number of nitrogens with two attached hydrogens (primary N) is 1. The molecule has 0 radical (unpaired) electrons. The number of carbonyl (C=O) groups excluding carboxylic acids is 1. The fraction of sp³-hybridized carbons (Fsp3) is 0.375. The summed E-state index contributed by atoms with van der Waals surface area (Å²) in [6, 6.07) is 12.3. The molecule has 0 aliphatic carbocycles. The van der Waals surface area contributed by atoms with Gasteiger partial charge in [-0.25, -0.2) is 9.07 Å². The summed E-state index contributed by atoms with van der Waals surface area (Å²) >= 11 is 1.22. The number of ether oxygens (including phenoxy) is 1. The molecule has 0 saturated heterocycles. The van der Waals surface area contributed by atoms with E-state index in [4.69, 9.17) is 10.6 Å². The second-order valence-electron chi connectivity index (χ2n) is 8.34. The van der Waals surface area contributed by atoms with Crippen LogP contribution in [0, 0.1) is 12.7 Å². The topological polar surface area (TPSA) is 86.3 Å². The highest BCUT2D eigenvalue weighted by Gasteiger charge is 2.23. The zero-order valence-electron chi connectivity index (χ0n) is 19.6. The normalized spacial score (nSPS) is 12.1. The van der Waals surface area contributed by atoms with Gasteiger partial charge in [0.25, 0.3) is 0 Å². The zero-order valence-corrected chi connectivity index (χ0v) is 20.4. The number of hydrogen-bond donors (Lipinski definition) is 1. The SMILES string of the molecule is Cc1ccc(C(C)C)c(OCc2nnc(SC(C)C(=O)N(C)Cc3cccc(F)c3)n2N)c1. The Bertz CT molecular complexity index is 1120. The lowest BCUT2D eigenvalue weighted by Crippen LogP contribution is -2.33. The molecule has 9 heteroatoms. The molecular formula is C24H30FN5O2S. The zero-order chi connectivity index (χ0) is 24.1. The summed E-state index contributed by atoms with van der Waals surface area (Å²) in [7, 11) is 1.69. The van der Waals surface area contributed by atoms with Gasteiger partial charge in [-0.2, -0.15) is 0 Å². The Morgan fingerprint density at radius 2 is 1.97 bits per heavy atom. The number of benzene rings is 2. The molecule has 7 nitrogen and oxygen atoms in total. The summed E-state index contributed by atoms with van der Waals surface area (Å²) in [5.41, 5.74) is 2.94. The van der Waals surface area contributed by atoms with Crippen molar-refractivity contribution in [3.63, 3.8) is 0 Å². The summed E-state index contributed by atoms with van der Waals surface area (Å²) in [5.74, 6) is 7.31. The van der Waals surface area contributed by atoms with E-state index in [9.17, 15) is 9.18 Å². The monoisotopic (exact) mass is 471 g/mol. The van der Waals surface area contributed by atoms with Gasteiger partial charge in [-0.15, -0.1) is 10.2 Å². The highest BCUT2D eigenvalue weighted by atomic mass is 32.2. The van der Waals surface area contributed by atoms with Crippen molar-refractivity contribution in [2.45, 2.75) is 57.2 Å². The maximum Gasteiger partial charge on any atom is 0.235 e. The van der Waals surface area contributed by atoms with Crippen LogP contribution in [0.2, 0.25) is 0 Å². The fourth-order valence-corrected chi connectivity index (χ4v) is 4.28. The van der Waals surface area contributed by atoms with Crippen LogP contribution in [0.4, 0.5) is 4.39 Å². The van der Waals surface area contributed by atoms with Gasteiger partial charge in [-0.3, -0.25) is 4.79 Å². The molecule has 1 unspecified atom stereocenters. The van der Waals surface area contributed by atoms with Gasteiger partial charge in [-0.05, 0) is 54.7 Å². The van der Waals surface area contributed by atoms with Crippen LogP contribution in [0.3, 0.4) is 0 Å². The van der Waals surface area contributed by atoms with Gasteiger partial charge in [0.1, 0.15) is 18.2 Å². The molecule has 0 saturated carbocycles. The van der Waals surface area contributed by atoms with Crippen molar-refractivity contribution in [2.24, 2.45) is 0 Å². The molecule has 176 valence electrons. The van der Waals surface area contributed by atoms with Crippen molar-refractivity contribution in [1.29, 1.82) is 0 Å². The van der Waals surface area contributed by atoms with Crippen LogP contribution in [0.15, 0.2) is 47.6 Å². The molecule has 0 aliphatic rings. The molecule has 33 heavy (non-hydrogen) atoms. The number of rotatable bonds is 9. The Labute approximate surface area is 198 Å². The minimum Gasteiger partial charge on any atom is -0.485 e. The number of halogens is 1. The van der Waals surface area contributed by atoms with Gasteiger partial charge in [0.05, 0.1) is 5.25 Å². The first-order valence-electron chi connectivity index (χ1n) is 10.7. The number of aryl methyl sites for hydroxylation is 1. The van der Waals surface area contributed by atoms with Crippen molar-refractivity contribution in [3.05, 3.63) is 70.8 Å². The molecular weight excluding hydrogens is 441 g/mol. The molecule has 0 bridgehead atoms. The largest absolute Gasteiger partial charge is 0.485 e. The Kier molecular flexibility index (Phi) is 7.97. The summed E-state index contributed by atoms with van der Waals surface area (Å²) in [4.78, 5) is 14.3. The van der Waals surface area contributed by atoms with E-state index in [0.29, 0.717) is 23.4 Å². The van der Waals surface area contributed by atoms with Gasteiger partial charge < -0.3 is 15.5 Å². The number of carbonyl (C=O) groups is 1. The van der Waals surface area contributed by atoms with E-state index in [0.717, 1.165) is 22.4 Å². The van der Waals surface area contributed by atoms with Gasteiger partial charge >= 0.3 is 0 Å². The van der Waals surface area contributed by atoms with Gasteiger partial charge in [0.2, 0.25) is 11.1 Å². The molecule has 0 aliphatic heterocycles. The van der Waals surface area contributed by atoms with Crippen LogP contribution in [0.1, 0.15) is 49.2 Å². The highest BCUT2D eigenvalue weighted by molar-refractivity contribution is 8.00. The third-order valence-electron chi connectivity index (χ3n) is 5.20. The summed E-state index contributed by atoms with van der Waals surface area (Å²) in [6.07, 6.45) is 0. The number of thioether (sulfide) groups is 1. The number of amides is 1. The summed E-state index contributed by atoms with van der Waals surface area (Å²) in [6.45, 7) is 8.49. The van der Waals surface area contributed by atoms with Gasteiger partial charge in [0.15, 0.2) is 5.82 Å². The van der Waals surface area contributed by atoms with Crippen molar-refractivity contribution in [3.8, 4) is 5.75 Å². The van der Waals surface area contributed by atoms with Crippen LogP contribution in [0.5, 0.6) is 5.75 Å². The predicted octanol–water partition coefficient (Wildman–Crippen LogP) is 4.28. The van der Waals surface area contributed by atoms with Crippen LogP contribution in [-0.2, 0) is 17.9 Å². The Balaban J connectivity index is 1.62. The van der Waals surface area contributed by atoms with Crippen LogP contribution < -0.4 is 10.6 Å². The molecule has 3 aromatic rings. The minimum absolute atomic E-state index is 0.119. The lowest BCUT2D eigenvalue weighted by atomic mass is 10.0. The Hall–Kier alpha value is -3.07. The van der Waals surface area contributed by atoms with E-state index in [1.54, 1.807) is 31.0 Å². The molecule has 1 amide bonds. The first kappa shape index (κ1) is 24.6. The molecule has 2 N–H and O–H groups in total. The van der Waals surface area contributed by atoms with E-state index in [1.807, 2.05) is 13.0 Å². The van der Waals surface area contributed by atoms with Crippen molar-refractivity contribution >= 4 is 17.7 Å². The lowest BCUT2D eigenvalue weighted by molar-refractivity contribution is -0.129. The van der Waals surface area contributed by atoms with Gasteiger partial charge in [0, 0.05) is 13.6 Å². The molecule has 1 heterocycles. The van der Waals surface area contributed by atoms with Crippen LogP contribution in [-0.4, -0.2) is 38.0 Å². The van der Waals surface area contributed by atoms with E-state index in [-0.39, 0.29) is 18.3 Å². The molecule has 0 fully saturated rings. The van der Waals surface area contributed by atoms with Crippen LogP contribution >= 0.6 is 11.8 Å². The predicted molar refractivity (Wildman–Crippen MR) is 128 cm³/mol. The average molecular weight is 472 g/mol. The molecule has 1 aromatic heterocycles. The Morgan fingerprint density at radius 1 is 1.21 bits per heavy atom. The number of hydrogen-bond acceptors (Lipinski definition) is 6. The third-order valence-corrected chi connectivity index (χ3v) is 6.24. The fourth-order valence-electron chi connectivity index (χ4n) is 3.38. The smallest absolute Gasteiger partial charge is 0.235 e. The van der Waals surface area contributed by atoms with E-state index >= 15 is 0 Å². The molecule has 3 rings (SSSR count). The van der Waals surface area contributed by atoms with E-state index < -0.39 is 5.25 Å². The number of aromatic nitrogens is 3. The lowest BCUT2D eigenvalue weighted by Gasteiger charge is -2.21. The Morgan fingerprint density at radius 3 is 2.67 bits per heavy atom. The van der Waals surface area contributed by atoms with E-state index in [2.05, 4.69) is 36.2 Å². The quantitative estimate of drug-likeness (QED) is 0.370. The van der Waals surface area contributed by atoms with E-state index in [1.165, 1.54) is 28.6 Å². The first-order valence-corrected chi connectivity index (χ1v) is 11.6. The first-order chi connectivity index (χ1) is 15.7. The van der Waals surface area contributed by atoms with Gasteiger partial charge in [-0.1, -0.05) is 49.9 Å². The van der Waals surface area contributed by atoms with Crippen LogP contribution in [0.25, 0.3) is 0 Å². The molecule has 1 atom stereocenters. The summed E-state index contributed by atoms with van der Waals surface area (Å²) in [5, 5.41) is 8.24. The number of nitrogens with zero attached hydrogens (tertiary/aromatic N) is 4. The molecule has 0 spiro atoms. The molecule has 2 aromatic carbocycles. The second-order valence-corrected chi connectivity index (χ2v) is 9.65. The highest BCUT2D eigenvalue weighted by Crippen LogP contribution is 2.28. The summed E-state index contributed by atoms with van der Waals surface area (Å²) < 4.78 is 20.8. The maximum atomic E-state index is 13.4. The third kappa shape index (κ3) is 6.25. The minimum atomic E-state index is -0.451. The number of nitrogen functional groups attached to an aromatic ring is 1. The van der Waals surface area contributed by atoms with Crippen molar-refractivity contribution in [2.75, 3.05) is 12.9 Å². The second kappa shape index (κ2) is 10.7. The standard InChI is InChI=1S/C24H30FN5O2S/c1-15(2)20-10-9-16(3)11-21(20)32-14-22-27-28-24(30(22)26)33-17(4)23(31)29(5)13-18-7-6-8-19(25)12-18/h6-12,15,17H,13-14,26H2,1-5H3. The average Bonchev–Trinajstić information content (AvgIpc) is 3.10. The van der Waals surface area contributed by atoms with Crippen molar-refractivity contribution in [1.82, 2.24) is 19.8 Å².